The molecule has 25 heavy (non-hydrogen) atoms. The molecular weight excluding hydrogens is 423 g/mol. The van der Waals surface area contributed by atoms with E-state index >= 15 is 0 Å². The second kappa shape index (κ2) is 10.4. The molecule has 1 aromatic heterocycles. The lowest BCUT2D eigenvalue weighted by Gasteiger charge is -2.19. The van der Waals surface area contributed by atoms with Gasteiger partial charge in [-0.25, -0.2) is 0 Å². The zero-order valence-corrected chi connectivity index (χ0v) is 17.7. The topological polar surface area (TPSA) is 63.3 Å². The summed E-state index contributed by atoms with van der Waals surface area (Å²) in [6.07, 6.45) is 3.53. The van der Waals surface area contributed by atoms with Crippen LogP contribution in [0, 0.1) is 0 Å². The molecule has 2 aromatic rings. The van der Waals surface area contributed by atoms with Crippen LogP contribution in [0.3, 0.4) is 0 Å². The van der Waals surface area contributed by atoms with Gasteiger partial charge >= 0.3 is 0 Å². The normalized spacial score (nSPS) is 11.7. The number of nitrogens with one attached hydrogen (secondary N) is 1. The van der Waals surface area contributed by atoms with E-state index < -0.39 is 0 Å². The SMILES string of the molecule is CC(C)(C)c1ccc(CCNC(N)=NCCc2ccccn2)cc1.I. The third-order valence-corrected chi connectivity index (χ3v) is 3.92. The Morgan fingerprint density at radius 3 is 2.40 bits per heavy atom. The predicted octanol–water partition coefficient (Wildman–Crippen LogP) is 3.69. The minimum atomic E-state index is 0. The molecule has 2 rings (SSSR count). The van der Waals surface area contributed by atoms with Gasteiger partial charge in [0.15, 0.2) is 5.96 Å². The van der Waals surface area contributed by atoms with Crippen molar-refractivity contribution in [2.24, 2.45) is 10.7 Å². The van der Waals surface area contributed by atoms with Crippen LogP contribution < -0.4 is 11.1 Å². The number of aromatic nitrogens is 1. The van der Waals surface area contributed by atoms with E-state index in [9.17, 15) is 0 Å². The average molecular weight is 452 g/mol. The van der Waals surface area contributed by atoms with Crippen LogP contribution in [0.1, 0.15) is 37.6 Å². The zero-order valence-electron chi connectivity index (χ0n) is 15.3. The van der Waals surface area contributed by atoms with E-state index in [0.717, 1.165) is 25.1 Å². The first-order valence-electron chi connectivity index (χ1n) is 8.48. The highest BCUT2D eigenvalue weighted by Gasteiger charge is 2.12. The maximum absolute atomic E-state index is 5.90. The number of hydrogen-bond acceptors (Lipinski definition) is 2. The van der Waals surface area contributed by atoms with E-state index in [1.807, 2.05) is 18.2 Å². The van der Waals surface area contributed by atoms with Crippen LogP contribution >= 0.6 is 24.0 Å². The molecule has 136 valence electrons. The van der Waals surface area contributed by atoms with Crippen molar-refractivity contribution in [2.45, 2.75) is 39.0 Å². The summed E-state index contributed by atoms with van der Waals surface area (Å²) in [5.74, 6) is 0.497. The summed E-state index contributed by atoms with van der Waals surface area (Å²) in [6.45, 7) is 8.12. The monoisotopic (exact) mass is 452 g/mol. The molecule has 1 aromatic carbocycles. The molecule has 0 unspecified atom stereocenters. The van der Waals surface area contributed by atoms with Gasteiger partial charge in [0, 0.05) is 31.4 Å². The van der Waals surface area contributed by atoms with Gasteiger partial charge in [0.25, 0.3) is 0 Å². The van der Waals surface area contributed by atoms with Crippen molar-refractivity contribution < 1.29 is 0 Å². The Balaban J connectivity index is 0.00000312. The molecule has 0 aliphatic rings. The van der Waals surface area contributed by atoms with Crippen molar-refractivity contribution in [3.63, 3.8) is 0 Å². The van der Waals surface area contributed by atoms with Gasteiger partial charge in [-0.15, -0.1) is 24.0 Å². The average Bonchev–Trinajstić information content (AvgIpc) is 2.55. The van der Waals surface area contributed by atoms with Gasteiger partial charge in [-0.1, -0.05) is 51.1 Å². The smallest absolute Gasteiger partial charge is 0.188 e. The molecule has 0 radical (unpaired) electrons. The lowest BCUT2D eigenvalue weighted by Crippen LogP contribution is -2.33. The maximum Gasteiger partial charge on any atom is 0.188 e. The van der Waals surface area contributed by atoms with Crippen LogP contribution in [0.5, 0.6) is 0 Å². The first-order valence-corrected chi connectivity index (χ1v) is 8.48. The van der Waals surface area contributed by atoms with Gasteiger partial charge in [0.2, 0.25) is 0 Å². The van der Waals surface area contributed by atoms with E-state index in [4.69, 9.17) is 5.73 Å². The number of nitrogens with two attached hydrogens (primary N) is 1. The Morgan fingerprint density at radius 1 is 1.08 bits per heavy atom. The van der Waals surface area contributed by atoms with E-state index in [0.29, 0.717) is 12.5 Å². The van der Waals surface area contributed by atoms with Crippen LogP contribution in [0.15, 0.2) is 53.7 Å². The first kappa shape index (κ1) is 21.4. The highest BCUT2D eigenvalue weighted by Crippen LogP contribution is 2.22. The molecular formula is C20H29IN4. The van der Waals surface area contributed by atoms with Gasteiger partial charge < -0.3 is 11.1 Å². The van der Waals surface area contributed by atoms with E-state index in [2.05, 4.69) is 60.3 Å². The second-order valence-corrected chi connectivity index (χ2v) is 6.96. The minimum Gasteiger partial charge on any atom is -0.370 e. The number of hydrogen-bond donors (Lipinski definition) is 2. The molecule has 0 saturated carbocycles. The fraction of sp³-hybridized carbons (Fsp3) is 0.400. The van der Waals surface area contributed by atoms with Gasteiger partial charge in [0.05, 0.1) is 0 Å². The van der Waals surface area contributed by atoms with Crippen molar-refractivity contribution in [3.05, 3.63) is 65.5 Å². The number of pyridine rings is 1. The molecule has 0 aliphatic carbocycles. The molecule has 0 spiro atoms. The van der Waals surface area contributed by atoms with Crippen LogP contribution in [0.25, 0.3) is 0 Å². The zero-order chi connectivity index (χ0) is 17.4. The summed E-state index contributed by atoms with van der Waals surface area (Å²) >= 11 is 0. The molecule has 0 fully saturated rings. The van der Waals surface area contributed by atoms with Crippen LogP contribution in [0.2, 0.25) is 0 Å². The standard InChI is InChI=1S/C20H28N4.HI/c1-20(2,3)17-9-7-16(8-10-17)11-14-23-19(21)24-15-12-18-6-4-5-13-22-18;/h4-10,13H,11-12,14-15H2,1-3H3,(H3,21,23,24);1H. The molecule has 0 aliphatic heterocycles. The Hall–Kier alpha value is -1.63. The maximum atomic E-state index is 5.90. The van der Waals surface area contributed by atoms with Gasteiger partial charge in [-0.2, -0.15) is 0 Å². The summed E-state index contributed by atoms with van der Waals surface area (Å²) in [5, 5.41) is 3.17. The molecule has 1 heterocycles. The molecule has 0 bridgehead atoms. The number of guanidine groups is 1. The summed E-state index contributed by atoms with van der Waals surface area (Å²) in [4.78, 5) is 8.61. The Labute approximate surface area is 168 Å². The Bertz CT molecular complexity index is 646. The van der Waals surface area contributed by atoms with Gasteiger partial charge in [0.1, 0.15) is 0 Å². The number of rotatable bonds is 6. The molecule has 4 nitrogen and oxygen atoms in total. The van der Waals surface area contributed by atoms with Crippen LogP contribution in [0.4, 0.5) is 0 Å². The number of halogens is 1. The quantitative estimate of drug-likeness (QED) is 0.399. The van der Waals surface area contributed by atoms with E-state index in [1.165, 1.54) is 11.1 Å². The second-order valence-electron chi connectivity index (χ2n) is 6.96. The molecule has 3 N–H and O–H groups in total. The first-order chi connectivity index (χ1) is 11.4. The Kier molecular flexibility index (Phi) is 8.89. The highest BCUT2D eigenvalue weighted by atomic mass is 127. The van der Waals surface area contributed by atoms with Crippen molar-refractivity contribution in [1.29, 1.82) is 0 Å². The van der Waals surface area contributed by atoms with E-state index in [-0.39, 0.29) is 29.4 Å². The highest BCUT2D eigenvalue weighted by molar-refractivity contribution is 14.0. The summed E-state index contributed by atoms with van der Waals surface area (Å²) < 4.78 is 0. The number of benzene rings is 1. The van der Waals surface area contributed by atoms with Crippen LogP contribution in [-0.4, -0.2) is 24.0 Å². The third kappa shape index (κ3) is 7.86. The van der Waals surface area contributed by atoms with Crippen LogP contribution in [-0.2, 0) is 18.3 Å². The largest absolute Gasteiger partial charge is 0.370 e. The molecule has 5 heteroatoms. The Morgan fingerprint density at radius 2 is 1.80 bits per heavy atom. The fourth-order valence-electron chi connectivity index (χ4n) is 2.40. The number of aliphatic imine (C=N–C) groups is 1. The van der Waals surface area contributed by atoms with Gasteiger partial charge in [-0.3, -0.25) is 9.98 Å². The van der Waals surface area contributed by atoms with Crippen molar-refractivity contribution in [2.75, 3.05) is 13.1 Å². The van der Waals surface area contributed by atoms with Crippen molar-refractivity contribution in [1.82, 2.24) is 10.3 Å². The summed E-state index contributed by atoms with van der Waals surface area (Å²) in [7, 11) is 0. The van der Waals surface area contributed by atoms with Crippen molar-refractivity contribution >= 4 is 29.9 Å². The number of nitrogens with zero attached hydrogens (tertiary/aromatic N) is 2. The lowest BCUT2D eigenvalue weighted by atomic mass is 9.86. The predicted molar refractivity (Wildman–Crippen MR) is 117 cm³/mol. The minimum absolute atomic E-state index is 0. The van der Waals surface area contributed by atoms with Crippen molar-refractivity contribution in [3.8, 4) is 0 Å². The van der Waals surface area contributed by atoms with E-state index in [1.54, 1.807) is 6.20 Å². The molecule has 0 saturated heterocycles. The summed E-state index contributed by atoms with van der Waals surface area (Å²) in [6, 6.07) is 14.7. The lowest BCUT2D eigenvalue weighted by molar-refractivity contribution is 0.590. The molecule has 0 amide bonds. The summed E-state index contributed by atoms with van der Waals surface area (Å²) in [5.41, 5.74) is 9.79. The fourth-order valence-corrected chi connectivity index (χ4v) is 2.40. The van der Waals surface area contributed by atoms with Gasteiger partial charge in [-0.05, 0) is 35.1 Å². The third-order valence-electron chi connectivity index (χ3n) is 3.92. The molecule has 0 atom stereocenters.